The topological polar surface area (TPSA) is 143 Å². The summed E-state index contributed by atoms with van der Waals surface area (Å²) in [5.74, 6) is -2.69. The first kappa shape index (κ1) is 40.9. The predicted molar refractivity (Wildman–Crippen MR) is 207 cm³/mol. The highest BCUT2D eigenvalue weighted by Gasteiger charge is 2.60. The number of benzene rings is 3. The van der Waals surface area contributed by atoms with E-state index in [1.54, 1.807) is 48.5 Å². The molecule has 13 heteroatoms. The molecule has 0 radical (unpaired) electrons. The molecule has 2 heterocycles. The third-order valence-electron chi connectivity index (χ3n) is 9.72. The molecule has 5 amide bonds. The number of amides is 5. The van der Waals surface area contributed by atoms with Gasteiger partial charge in [0.25, 0.3) is 11.8 Å². The van der Waals surface area contributed by atoms with Gasteiger partial charge in [0, 0.05) is 23.7 Å². The zero-order valence-corrected chi connectivity index (χ0v) is 32.7. The molecular formula is C42H49ClN4O8. The molecular weight excluding hydrogens is 724 g/mol. The van der Waals surface area contributed by atoms with Crippen LogP contribution in [0.4, 0.5) is 5.69 Å². The Morgan fingerprint density at radius 2 is 1.69 bits per heavy atom. The van der Waals surface area contributed by atoms with Gasteiger partial charge in [-0.15, -0.1) is 0 Å². The third kappa shape index (κ3) is 9.72. The summed E-state index contributed by atoms with van der Waals surface area (Å²) in [6.45, 7) is 9.78. The molecule has 0 spiro atoms. The summed E-state index contributed by atoms with van der Waals surface area (Å²) in [5, 5.41) is 3.41. The van der Waals surface area contributed by atoms with E-state index in [-0.39, 0.29) is 31.4 Å². The van der Waals surface area contributed by atoms with Gasteiger partial charge in [-0.2, -0.15) is 0 Å². The van der Waals surface area contributed by atoms with E-state index in [1.807, 2.05) is 58.9 Å². The maximum atomic E-state index is 14.5. The predicted octanol–water partition coefficient (Wildman–Crippen LogP) is 5.93. The van der Waals surface area contributed by atoms with Gasteiger partial charge in [0.15, 0.2) is 12.3 Å². The van der Waals surface area contributed by atoms with Crippen molar-refractivity contribution >= 4 is 53.3 Å². The summed E-state index contributed by atoms with van der Waals surface area (Å²) in [7, 11) is 0. The van der Waals surface area contributed by atoms with Gasteiger partial charge < -0.3 is 19.7 Å². The summed E-state index contributed by atoms with van der Waals surface area (Å²) in [5.41, 5.74) is 2.84. The van der Waals surface area contributed by atoms with Gasteiger partial charge in [0.2, 0.25) is 18.2 Å². The number of β-lactam (4-membered cyclic amide) rings is 1. The highest BCUT2D eigenvalue weighted by Crippen LogP contribution is 2.37. The minimum absolute atomic E-state index is 0.0518. The lowest BCUT2D eigenvalue weighted by Gasteiger charge is -2.53. The minimum atomic E-state index is -1.50. The van der Waals surface area contributed by atoms with Crippen LogP contribution < -0.4 is 15.0 Å². The second-order valence-electron chi connectivity index (χ2n) is 14.5. The van der Waals surface area contributed by atoms with Crippen LogP contribution in [0.5, 0.6) is 5.75 Å². The second kappa shape index (κ2) is 18.4. The Bertz CT molecular complexity index is 1900. The van der Waals surface area contributed by atoms with E-state index in [9.17, 15) is 28.8 Å². The number of hydrogen-bond acceptors (Lipinski definition) is 8. The molecule has 0 bridgehead atoms. The van der Waals surface area contributed by atoms with Crippen LogP contribution in [-0.4, -0.2) is 76.3 Å². The van der Waals surface area contributed by atoms with Crippen molar-refractivity contribution < 1.29 is 38.2 Å². The number of hydrogen-bond donors (Lipinski definition) is 1. The normalized spacial score (nSPS) is 18.7. The summed E-state index contributed by atoms with van der Waals surface area (Å²) in [6.07, 6.45) is -0.850. The van der Waals surface area contributed by atoms with E-state index in [2.05, 4.69) is 5.32 Å². The number of nitrogens with one attached hydrogen (secondary N) is 1. The van der Waals surface area contributed by atoms with Crippen molar-refractivity contribution in [1.82, 2.24) is 15.1 Å². The van der Waals surface area contributed by atoms with E-state index in [0.29, 0.717) is 35.7 Å². The number of rotatable bonds is 18. The van der Waals surface area contributed by atoms with E-state index >= 15 is 0 Å². The fraction of sp³-hybridized carbons (Fsp3) is 0.429. The lowest BCUT2D eigenvalue weighted by molar-refractivity contribution is -0.175. The summed E-state index contributed by atoms with van der Waals surface area (Å²) >= 11 is 6.28. The van der Waals surface area contributed by atoms with Crippen LogP contribution in [0, 0.1) is 0 Å². The Kier molecular flexibility index (Phi) is 13.7. The minimum Gasteiger partial charge on any atom is -0.491 e. The number of carbonyl (C=O) groups is 6. The van der Waals surface area contributed by atoms with Gasteiger partial charge in [0.1, 0.15) is 11.8 Å². The highest BCUT2D eigenvalue weighted by molar-refractivity contribution is 6.30. The van der Waals surface area contributed by atoms with E-state index in [0.717, 1.165) is 28.0 Å². The average Bonchev–Trinajstić information content (AvgIpc) is 3.41. The summed E-state index contributed by atoms with van der Waals surface area (Å²) in [6, 6.07) is 19.4. The first-order chi connectivity index (χ1) is 26.3. The molecule has 2 aliphatic rings. The molecule has 55 heavy (non-hydrogen) atoms. The maximum absolute atomic E-state index is 14.5. The Morgan fingerprint density at radius 1 is 0.964 bits per heavy atom. The van der Waals surface area contributed by atoms with E-state index < -0.39 is 60.4 Å². The highest BCUT2D eigenvalue weighted by atomic mass is 35.5. The maximum Gasteiger partial charge on any atom is 0.306 e. The number of aryl methyl sites for hydroxylation is 1. The summed E-state index contributed by atoms with van der Waals surface area (Å²) in [4.78, 5) is 85.1. The van der Waals surface area contributed by atoms with Crippen LogP contribution in [0.1, 0.15) is 89.3 Å². The standard InChI is InChI=1S/C42H49ClN4O8/c1-6-7-17-37(50)55-35-23-36(49)47(41(35)52)38-34(19-18-28-11-8-14-31(43)20-28)46(42(38)53)40(45(25-48)32-15-10-13-30(22-32)26(2)3)39(51)44-24-29-12-9-16-33(21-29)54-27(4)5/h8-16,20-22,25-27,34-35,38,40H,6-7,17-19,23-24H2,1-5H3,(H,44,51). The van der Waals surface area contributed by atoms with Crippen LogP contribution in [-0.2, 0) is 46.5 Å². The SMILES string of the molecule is CCCCC(=O)OC1CC(=O)N(C2C(=O)N(C(C(=O)NCc3cccc(OC(C)C)c3)N(C=O)c3cccc(C(C)C)c3)C2CCc2cccc(Cl)c2)C1=O. The lowest BCUT2D eigenvalue weighted by Crippen LogP contribution is -2.77. The zero-order valence-electron chi connectivity index (χ0n) is 31.9. The molecule has 0 aromatic heterocycles. The Hall–Kier alpha value is -5.23. The van der Waals surface area contributed by atoms with Crippen LogP contribution in [0.25, 0.3) is 0 Å². The van der Waals surface area contributed by atoms with E-state index in [1.165, 1.54) is 9.80 Å². The number of ether oxygens (including phenoxy) is 2. The van der Waals surface area contributed by atoms with Crippen molar-refractivity contribution in [2.24, 2.45) is 0 Å². The van der Waals surface area contributed by atoms with Crippen molar-refractivity contribution in [3.8, 4) is 5.75 Å². The molecule has 2 saturated heterocycles. The Morgan fingerprint density at radius 3 is 2.38 bits per heavy atom. The number of esters is 1. The van der Waals surface area contributed by atoms with Crippen LogP contribution in [0.15, 0.2) is 72.8 Å². The molecule has 4 unspecified atom stereocenters. The molecule has 0 saturated carbocycles. The van der Waals surface area contributed by atoms with Gasteiger partial charge in [-0.05, 0) is 92.1 Å². The average molecular weight is 773 g/mol. The molecule has 3 aromatic rings. The van der Waals surface area contributed by atoms with Crippen LogP contribution >= 0.6 is 11.6 Å². The number of anilines is 1. The number of carbonyl (C=O) groups excluding carboxylic acids is 6. The fourth-order valence-corrected chi connectivity index (χ4v) is 7.17. The molecule has 0 aliphatic carbocycles. The third-order valence-corrected chi connectivity index (χ3v) is 9.96. The number of unbranched alkanes of at least 4 members (excludes halogenated alkanes) is 1. The van der Waals surface area contributed by atoms with Crippen molar-refractivity contribution in [2.75, 3.05) is 4.90 Å². The Labute approximate surface area is 327 Å². The lowest BCUT2D eigenvalue weighted by atomic mass is 9.87. The number of halogens is 1. The molecule has 4 atom stereocenters. The van der Waals surface area contributed by atoms with Crippen LogP contribution in [0.3, 0.4) is 0 Å². The Balaban J connectivity index is 1.51. The zero-order chi connectivity index (χ0) is 39.8. The smallest absolute Gasteiger partial charge is 0.306 e. The molecule has 2 aliphatic heterocycles. The van der Waals surface area contributed by atoms with Crippen molar-refractivity contribution in [3.05, 3.63) is 94.5 Å². The fourth-order valence-electron chi connectivity index (χ4n) is 6.96. The second-order valence-corrected chi connectivity index (χ2v) is 14.9. The molecule has 3 aromatic carbocycles. The van der Waals surface area contributed by atoms with Crippen molar-refractivity contribution in [1.29, 1.82) is 0 Å². The first-order valence-corrected chi connectivity index (χ1v) is 19.2. The number of likely N-dealkylation sites (tertiary alicyclic amines) is 2. The quantitative estimate of drug-likeness (QED) is 0.0726. The van der Waals surface area contributed by atoms with Gasteiger partial charge in [-0.3, -0.25) is 38.6 Å². The van der Waals surface area contributed by atoms with Crippen molar-refractivity contribution in [3.63, 3.8) is 0 Å². The first-order valence-electron chi connectivity index (χ1n) is 18.8. The van der Waals surface area contributed by atoms with Gasteiger partial charge >= 0.3 is 5.97 Å². The van der Waals surface area contributed by atoms with Gasteiger partial charge in [-0.25, -0.2) is 0 Å². The molecule has 5 rings (SSSR count). The molecule has 292 valence electrons. The number of nitrogens with zero attached hydrogens (tertiary/aromatic N) is 3. The largest absolute Gasteiger partial charge is 0.491 e. The molecule has 2 fully saturated rings. The van der Waals surface area contributed by atoms with Gasteiger partial charge in [-0.1, -0.05) is 75.2 Å². The van der Waals surface area contributed by atoms with Gasteiger partial charge in [0.05, 0.1) is 18.6 Å². The van der Waals surface area contributed by atoms with Crippen LogP contribution in [0.2, 0.25) is 5.02 Å². The van der Waals surface area contributed by atoms with Crippen molar-refractivity contribution in [2.45, 2.75) is 116 Å². The monoisotopic (exact) mass is 772 g/mol. The summed E-state index contributed by atoms with van der Waals surface area (Å²) < 4.78 is 11.2. The molecule has 1 N–H and O–H groups in total. The molecule has 12 nitrogen and oxygen atoms in total. The number of imide groups is 1. The van der Waals surface area contributed by atoms with E-state index in [4.69, 9.17) is 21.1 Å².